The van der Waals surface area contributed by atoms with Crippen LogP contribution in [0.1, 0.15) is 0 Å². The Balaban J connectivity index is 4.00. The third-order valence-electron chi connectivity index (χ3n) is 1.72. The molecule has 1 aromatic heterocycles. The van der Waals surface area contributed by atoms with Gasteiger partial charge in [-0.3, -0.25) is 0 Å². The van der Waals surface area contributed by atoms with E-state index in [9.17, 15) is 14.4 Å². The zero-order valence-electron chi connectivity index (χ0n) is 7.07. The summed E-state index contributed by atoms with van der Waals surface area (Å²) < 4.78 is 2.63. The molecule has 0 aliphatic carbocycles. The highest BCUT2D eigenvalue weighted by Crippen LogP contribution is 1.58. The fourth-order valence-electron chi connectivity index (χ4n) is 0.920. The van der Waals surface area contributed by atoms with Crippen molar-refractivity contribution in [1.29, 1.82) is 0 Å². The van der Waals surface area contributed by atoms with Crippen molar-refractivity contribution < 1.29 is 0 Å². The van der Waals surface area contributed by atoms with E-state index in [-0.39, 0.29) is 0 Å². The predicted octanol–water partition coefficient (Wildman–Crippen LogP) is -2.22. The van der Waals surface area contributed by atoms with Gasteiger partial charge in [-0.1, -0.05) is 0 Å². The number of rotatable bonds is 0. The number of hydrogen-bond acceptors (Lipinski definition) is 3. The Morgan fingerprint density at radius 2 is 0.833 bits per heavy atom. The van der Waals surface area contributed by atoms with Gasteiger partial charge in [-0.2, -0.15) is 0 Å². The Morgan fingerprint density at radius 3 is 1.00 bits per heavy atom. The van der Waals surface area contributed by atoms with Crippen LogP contribution in [0.5, 0.6) is 0 Å². The molecular formula is C6H9N3O3. The highest BCUT2D eigenvalue weighted by molar-refractivity contribution is 4.73. The van der Waals surface area contributed by atoms with E-state index in [1.165, 1.54) is 21.1 Å². The largest absolute Gasteiger partial charge is 0.335 e. The van der Waals surface area contributed by atoms with Crippen LogP contribution in [0.25, 0.3) is 0 Å². The summed E-state index contributed by atoms with van der Waals surface area (Å²) >= 11 is 0. The van der Waals surface area contributed by atoms with Crippen molar-refractivity contribution >= 4 is 0 Å². The van der Waals surface area contributed by atoms with Crippen LogP contribution in [0.4, 0.5) is 0 Å². The Hall–Kier alpha value is -1.59. The van der Waals surface area contributed by atoms with Gasteiger partial charge in [0.25, 0.3) is 0 Å². The molecule has 6 nitrogen and oxygen atoms in total. The van der Waals surface area contributed by atoms with Gasteiger partial charge >= 0.3 is 17.1 Å². The Morgan fingerprint density at radius 1 is 0.667 bits per heavy atom. The second-order valence-electron chi connectivity index (χ2n) is 2.52. The van der Waals surface area contributed by atoms with E-state index in [1.54, 1.807) is 0 Å². The van der Waals surface area contributed by atoms with Gasteiger partial charge in [0.05, 0.1) is 0 Å². The van der Waals surface area contributed by atoms with Crippen LogP contribution in [-0.2, 0) is 21.1 Å². The van der Waals surface area contributed by atoms with Gasteiger partial charge in [0.1, 0.15) is 0 Å². The maximum Gasteiger partial charge on any atom is 0.335 e. The first-order valence-corrected chi connectivity index (χ1v) is 3.30. The minimum absolute atomic E-state index is 0.608. The standard InChI is InChI=1S/C6H9N3O3/c1-7-4(10)8(2)6(12)9(3)5(7)11/h1-3H3. The van der Waals surface area contributed by atoms with Gasteiger partial charge in [-0.15, -0.1) is 0 Å². The topological polar surface area (TPSA) is 66.0 Å². The van der Waals surface area contributed by atoms with Crippen LogP contribution in [0.3, 0.4) is 0 Å². The molecule has 0 fully saturated rings. The molecule has 0 N–H and O–H groups in total. The molecule has 1 rings (SSSR count). The monoisotopic (exact) mass is 171 g/mol. The van der Waals surface area contributed by atoms with Crippen molar-refractivity contribution in [3.8, 4) is 0 Å². The van der Waals surface area contributed by atoms with Crippen LogP contribution in [0.15, 0.2) is 14.4 Å². The third-order valence-corrected chi connectivity index (χ3v) is 1.72. The minimum Gasteiger partial charge on any atom is -0.248 e. The Labute approximate surface area is 67.3 Å². The second-order valence-corrected chi connectivity index (χ2v) is 2.52. The van der Waals surface area contributed by atoms with Crippen molar-refractivity contribution in [2.45, 2.75) is 0 Å². The lowest BCUT2D eigenvalue weighted by Crippen LogP contribution is -2.51. The summed E-state index contributed by atoms with van der Waals surface area (Å²) in [5, 5.41) is 0. The first-order chi connectivity index (χ1) is 5.46. The zero-order chi connectivity index (χ0) is 9.46. The van der Waals surface area contributed by atoms with E-state index in [4.69, 9.17) is 0 Å². The molecule has 0 unspecified atom stereocenters. The summed E-state index contributed by atoms with van der Waals surface area (Å²) in [6.45, 7) is 0. The van der Waals surface area contributed by atoms with E-state index >= 15 is 0 Å². The summed E-state index contributed by atoms with van der Waals surface area (Å²) in [5.74, 6) is 0. The molecule has 1 heterocycles. The summed E-state index contributed by atoms with van der Waals surface area (Å²) in [5.41, 5.74) is -1.82. The molecule has 0 aromatic carbocycles. The number of nitrogens with zero attached hydrogens (tertiary/aromatic N) is 3. The fourth-order valence-corrected chi connectivity index (χ4v) is 0.920. The van der Waals surface area contributed by atoms with E-state index in [2.05, 4.69) is 0 Å². The fraction of sp³-hybridized carbons (Fsp3) is 0.500. The van der Waals surface area contributed by atoms with Gasteiger partial charge < -0.3 is 0 Å². The molecule has 0 aliphatic heterocycles. The van der Waals surface area contributed by atoms with E-state index in [0.717, 1.165) is 13.7 Å². The molecule has 0 bridgehead atoms. The smallest absolute Gasteiger partial charge is 0.248 e. The molecular weight excluding hydrogens is 162 g/mol. The van der Waals surface area contributed by atoms with Crippen LogP contribution < -0.4 is 17.1 Å². The lowest BCUT2D eigenvalue weighted by Gasteiger charge is -2.02. The van der Waals surface area contributed by atoms with Gasteiger partial charge in [-0.25, -0.2) is 28.1 Å². The van der Waals surface area contributed by atoms with Gasteiger partial charge in [0, 0.05) is 21.1 Å². The van der Waals surface area contributed by atoms with Crippen molar-refractivity contribution in [2.24, 2.45) is 21.1 Å². The molecule has 6 heteroatoms. The molecule has 1 aromatic rings. The molecule has 0 saturated carbocycles. The van der Waals surface area contributed by atoms with Gasteiger partial charge in [0.2, 0.25) is 0 Å². The summed E-state index contributed by atoms with van der Waals surface area (Å²) in [6, 6.07) is 0. The first kappa shape index (κ1) is 8.51. The van der Waals surface area contributed by atoms with E-state index in [1.807, 2.05) is 0 Å². The normalized spacial score (nSPS) is 10.2. The number of hydrogen-bond donors (Lipinski definition) is 0. The molecule has 0 aliphatic rings. The maximum atomic E-state index is 11.1. The van der Waals surface area contributed by atoms with Crippen molar-refractivity contribution in [3.63, 3.8) is 0 Å². The van der Waals surface area contributed by atoms with Gasteiger partial charge in [-0.05, 0) is 0 Å². The summed E-state index contributed by atoms with van der Waals surface area (Å²) in [7, 11) is 3.97. The maximum absolute atomic E-state index is 11.1. The Kier molecular flexibility index (Phi) is 1.75. The van der Waals surface area contributed by atoms with E-state index < -0.39 is 17.1 Å². The lowest BCUT2D eigenvalue weighted by atomic mass is 10.8. The highest BCUT2D eigenvalue weighted by Gasteiger charge is 2.05. The lowest BCUT2D eigenvalue weighted by molar-refractivity contribution is 0.551. The van der Waals surface area contributed by atoms with Crippen molar-refractivity contribution in [3.05, 3.63) is 31.5 Å². The summed E-state index contributed by atoms with van der Waals surface area (Å²) in [4.78, 5) is 33.2. The quantitative estimate of drug-likeness (QED) is 0.444. The molecule has 0 radical (unpaired) electrons. The second kappa shape index (κ2) is 2.47. The SMILES string of the molecule is Cn1c(=O)n(C)c(=O)n(C)c1=O. The molecule has 0 spiro atoms. The van der Waals surface area contributed by atoms with Crippen LogP contribution in [0, 0.1) is 0 Å². The van der Waals surface area contributed by atoms with E-state index in [0.29, 0.717) is 0 Å². The molecule has 12 heavy (non-hydrogen) atoms. The molecule has 0 atom stereocenters. The van der Waals surface area contributed by atoms with Crippen LogP contribution in [-0.4, -0.2) is 13.7 Å². The molecule has 0 saturated heterocycles. The average molecular weight is 171 g/mol. The first-order valence-electron chi connectivity index (χ1n) is 3.30. The molecule has 0 amide bonds. The predicted molar refractivity (Wildman–Crippen MR) is 42.2 cm³/mol. The van der Waals surface area contributed by atoms with Crippen LogP contribution >= 0.6 is 0 Å². The average Bonchev–Trinajstić information content (AvgIpc) is 2.08. The Bertz CT molecular complexity index is 375. The number of aromatic nitrogens is 3. The zero-order valence-corrected chi connectivity index (χ0v) is 7.07. The third kappa shape index (κ3) is 0.919. The molecule has 66 valence electrons. The van der Waals surface area contributed by atoms with Crippen molar-refractivity contribution in [2.75, 3.05) is 0 Å². The highest BCUT2D eigenvalue weighted by atomic mass is 16.2. The van der Waals surface area contributed by atoms with Crippen LogP contribution in [0.2, 0.25) is 0 Å². The summed E-state index contributed by atoms with van der Waals surface area (Å²) in [6.07, 6.45) is 0. The van der Waals surface area contributed by atoms with Gasteiger partial charge in [0.15, 0.2) is 0 Å². The van der Waals surface area contributed by atoms with Crippen molar-refractivity contribution in [1.82, 2.24) is 13.7 Å². The minimum atomic E-state index is -0.608.